The van der Waals surface area contributed by atoms with Crippen molar-refractivity contribution in [2.75, 3.05) is 19.5 Å². The van der Waals surface area contributed by atoms with Gasteiger partial charge in [0.15, 0.2) is 0 Å². The summed E-state index contributed by atoms with van der Waals surface area (Å²) >= 11 is 0. The summed E-state index contributed by atoms with van der Waals surface area (Å²) in [6.45, 7) is 3.70. The van der Waals surface area contributed by atoms with Crippen LogP contribution < -0.4 is 5.32 Å². The number of aromatic nitrogens is 2. The molecule has 1 N–H and O–H groups in total. The van der Waals surface area contributed by atoms with Gasteiger partial charge in [0, 0.05) is 17.1 Å². The number of aryl methyl sites for hydroxylation is 2. The third-order valence-corrected chi connectivity index (χ3v) is 3.01. The number of carbonyl (C=O) groups is 2. The number of hydrogen-bond donors (Lipinski definition) is 1. The van der Waals surface area contributed by atoms with Crippen LogP contribution in [0.5, 0.6) is 0 Å². The van der Waals surface area contributed by atoms with Crippen LogP contribution >= 0.6 is 0 Å². The van der Waals surface area contributed by atoms with E-state index in [-0.39, 0.29) is 11.1 Å². The fourth-order valence-corrected chi connectivity index (χ4v) is 2.08. The van der Waals surface area contributed by atoms with Gasteiger partial charge in [-0.15, -0.1) is 0 Å². The van der Waals surface area contributed by atoms with Gasteiger partial charge in [-0.25, -0.2) is 19.6 Å². The van der Waals surface area contributed by atoms with Crippen LogP contribution in [0.25, 0.3) is 0 Å². The quantitative estimate of drug-likeness (QED) is 0.866. The Morgan fingerprint density at radius 1 is 0.870 bits per heavy atom. The molecule has 0 saturated heterocycles. The first kappa shape index (κ1) is 16.4. The summed E-state index contributed by atoms with van der Waals surface area (Å²) in [5.41, 5.74) is 2.54. The molecule has 23 heavy (non-hydrogen) atoms. The zero-order chi connectivity index (χ0) is 17.0. The Morgan fingerprint density at radius 3 is 1.78 bits per heavy atom. The average Bonchev–Trinajstić information content (AvgIpc) is 2.51. The van der Waals surface area contributed by atoms with E-state index in [4.69, 9.17) is 9.47 Å². The lowest BCUT2D eigenvalue weighted by atomic mass is 10.1. The summed E-state index contributed by atoms with van der Waals surface area (Å²) in [6, 6.07) is 6.36. The Bertz CT molecular complexity index is 704. The first-order valence-corrected chi connectivity index (χ1v) is 6.84. The van der Waals surface area contributed by atoms with E-state index < -0.39 is 11.9 Å². The van der Waals surface area contributed by atoms with Gasteiger partial charge in [-0.05, 0) is 38.1 Å². The van der Waals surface area contributed by atoms with Crippen molar-refractivity contribution >= 4 is 23.6 Å². The van der Waals surface area contributed by atoms with E-state index in [0.29, 0.717) is 11.6 Å². The Balaban J connectivity index is 2.43. The lowest BCUT2D eigenvalue weighted by Crippen LogP contribution is -2.08. The molecule has 0 aliphatic carbocycles. The molecule has 0 aliphatic rings. The van der Waals surface area contributed by atoms with E-state index in [9.17, 15) is 9.59 Å². The molecule has 0 amide bonds. The molecule has 0 saturated carbocycles. The van der Waals surface area contributed by atoms with Gasteiger partial charge in [-0.1, -0.05) is 0 Å². The number of ether oxygens (including phenoxy) is 2. The number of nitrogens with one attached hydrogen (secondary N) is 1. The zero-order valence-electron chi connectivity index (χ0n) is 13.3. The lowest BCUT2D eigenvalue weighted by molar-refractivity contribution is 0.0599. The summed E-state index contributed by atoms with van der Waals surface area (Å²) in [5.74, 6) is -0.736. The highest BCUT2D eigenvalue weighted by Gasteiger charge is 2.14. The van der Waals surface area contributed by atoms with Gasteiger partial charge in [0.2, 0.25) is 5.95 Å². The van der Waals surface area contributed by atoms with E-state index in [1.807, 2.05) is 19.9 Å². The highest BCUT2D eigenvalue weighted by atomic mass is 16.5. The molecule has 2 aromatic rings. The molecule has 2 rings (SSSR count). The number of nitrogens with zero attached hydrogens (tertiary/aromatic N) is 2. The minimum atomic E-state index is -0.555. The van der Waals surface area contributed by atoms with Crippen molar-refractivity contribution in [3.05, 3.63) is 46.8 Å². The molecule has 7 heteroatoms. The number of rotatable bonds is 4. The van der Waals surface area contributed by atoms with Gasteiger partial charge >= 0.3 is 11.9 Å². The second kappa shape index (κ2) is 6.87. The average molecular weight is 315 g/mol. The zero-order valence-corrected chi connectivity index (χ0v) is 13.3. The van der Waals surface area contributed by atoms with Gasteiger partial charge in [0.1, 0.15) is 0 Å². The first-order chi connectivity index (χ1) is 10.9. The maximum Gasteiger partial charge on any atom is 0.337 e. The normalized spacial score (nSPS) is 10.1. The lowest BCUT2D eigenvalue weighted by Gasteiger charge is -2.10. The molecule has 1 aromatic heterocycles. The predicted molar refractivity (Wildman–Crippen MR) is 83.9 cm³/mol. The van der Waals surface area contributed by atoms with Crippen LogP contribution in [0.2, 0.25) is 0 Å². The fraction of sp³-hybridized carbons (Fsp3) is 0.250. The molecule has 0 spiro atoms. The SMILES string of the molecule is COC(=O)c1cc(Nc2nc(C)cc(C)n2)cc(C(=O)OC)c1. The topological polar surface area (TPSA) is 90.4 Å². The Hall–Kier alpha value is -2.96. The summed E-state index contributed by atoms with van der Waals surface area (Å²) in [6.07, 6.45) is 0. The van der Waals surface area contributed by atoms with Crippen molar-refractivity contribution in [1.82, 2.24) is 9.97 Å². The third-order valence-electron chi connectivity index (χ3n) is 3.01. The highest BCUT2D eigenvalue weighted by molar-refractivity contribution is 5.97. The van der Waals surface area contributed by atoms with Gasteiger partial charge in [-0.3, -0.25) is 0 Å². The maximum absolute atomic E-state index is 11.8. The maximum atomic E-state index is 11.8. The molecular weight excluding hydrogens is 298 g/mol. The molecule has 0 unspecified atom stereocenters. The van der Waals surface area contributed by atoms with E-state index in [1.165, 1.54) is 20.3 Å². The standard InChI is InChI=1S/C16H17N3O4/c1-9-5-10(2)18-16(17-9)19-13-7-11(14(20)22-3)6-12(8-13)15(21)23-4/h5-8H,1-4H3,(H,17,18,19). The number of benzene rings is 1. The monoisotopic (exact) mass is 315 g/mol. The Kier molecular flexibility index (Phi) is 4.90. The molecule has 0 aliphatic heterocycles. The minimum Gasteiger partial charge on any atom is -0.465 e. The van der Waals surface area contributed by atoms with Gasteiger partial charge in [0.05, 0.1) is 25.3 Å². The summed E-state index contributed by atoms with van der Waals surface area (Å²) in [4.78, 5) is 32.0. The van der Waals surface area contributed by atoms with E-state index in [2.05, 4.69) is 15.3 Å². The second-order valence-electron chi connectivity index (χ2n) is 4.88. The van der Waals surface area contributed by atoms with Crippen LogP contribution in [-0.2, 0) is 9.47 Å². The van der Waals surface area contributed by atoms with E-state index >= 15 is 0 Å². The van der Waals surface area contributed by atoms with Crippen LogP contribution in [0.1, 0.15) is 32.1 Å². The Labute approximate surface area is 133 Å². The molecule has 7 nitrogen and oxygen atoms in total. The van der Waals surface area contributed by atoms with E-state index in [1.54, 1.807) is 12.1 Å². The molecule has 1 heterocycles. The fourth-order valence-electron chi connectivity index (χ4n) is 2.08. The smallest absolute Gasteiger partial charge is 0.337 e. The van der Waals surface area contributed by atoms with Crippen molar-refractivity contribution < 1.29 is 19.1 Å². The molecule has 120 valence electrons. The Morgan fingerprint density at radius 2 is 1.35 bits per heavy atom. The predicted octanol–water partition coefficient (Wildman–Crippen LogP) is 2.41. The molecule has 0 atom stereocenters. The number of hydrogen-bond acceptors (Lipinski definition) is 7. The van der Waals surface area contributed by atoms with Crippen LogP contribution in [0.15, 0.2) is 24.3 Å². The number of anilines is 2. The van der Waals surface area contributed by atoms with Gasteiger partial charge in [-0.2, -0.15) is 0 Å². The van der Waals surface area contributed by atoms with Crippen LogP contribution in [0.3, 0.4) is 0 Å². The molecular formula is C16H17N3O4. The largest absolute Gasteiger partial charge is 0.465 e. The summed E-state index contributed by atoms with van der Waals surface area (Å²) < 4.78 is 9.40. The van der Waals surface area contributed by atoms with Crippen molar-refractivity contribution in [3.63, 3.8) is 0 Å². The second-order valence-corrected chi connectivity index (χ2v) is 4.88. The van der Waals surface area contributed by atoms with Crippen molar-refractivity contribution in [2.45, 2.75) is 13.8 Å². The number of esters is 2. The highest BCUT2D eigenvalue weighted by Crippen LogP contribution is 2.20. The summed E-state index contributed by atoms with van der Waals surface area (Å²) in [5, 5.41) is 2.99. The van der Waals surface area contributed by atoms with Crippen LogP contribution in [0.4, 0.5) is 11.6 Å². The molecule has 1 aromatic carbocycles. The van der Waals surface area contributed by atoms with E-state index in [0.717, 1.165) is 11.4 Å². The molecule has 0 bridgehead atoms. The van der Waals surface area contributed by atoms with Gasteiger partial charge in [0.25, 0.3) is 0 Å². The van der Waals surface area contributed by atoms with Crippen molar-refractivity contribution in [2.24, 2.45) is 0 Å². The molecule has 0 fully saturated rings. The molecule has 0 radical (unpaired) electrons. The van der Waals surface area contributed by atoms with Crippen molar-refractivity contribution in [1.29, 1.82) is 0 Å². The number of methoxy groups -OCH3 is 2. The number of carbonyl (C=O) groups excluding carboxylic acids is 2. The van der Waals surface area contributed by atoms with Crippen LogP contribution in [-0.4, -0.2) is 36.1 Å². The van der Waals surface area contributed by atoms with Crippen molar-refractivity contribution in [3.8, 4) is 0 Å². The van der Waals surface area contributed by atoms with Crippen LogP contribution in [0, 0.1) is 13.8 Å². The third kappa shape index (κ3) is 4.03. The first-order valence-electron chi connectivity index (χ1n) is 6.84. The minimum absolute atomic E-state index is 0.224. The van der Waals surface area contributed by atoms with Gasteiger partial charge < -0.3 is 14.8 Å². The summed E-state index contributed by atoms with van der Waals surface area (Å²) in [7, 11) is 2.54.